The molecule has 2 saturated heterocycles. The van der Waals surface area contributed by atoms with Crippen molar-refractivity contribution in [2.75, 3.05) is 19.1 Å². The molecule has 2 aromatic rings. The number of rotatable bonds is 7. The van der Waals surface area contributed by atoms with Crippen LogP contribution in [0.2, 0.25) is 0 Å². The van der Waals surface area contributed by atoms with Gasteiger partial charge < -0.3 is 19.7 Å². The number of nitrogens with zero attached hydrogens (tertiary/aromatic N) is 1. The molecule has 0 unspecified atom stereocenters. The van der Waals surface area contributed by atoms with Crippen molar-refractivity contribution in [1.82, 2.24) is 5.32 Å². The number of hydrogen-bond donors (Lipinski definition) is 3. The minimum absolute atomic E-state index is 0.0925. The van der Waals surface area contributed by atoms with Crippen LogP contribution in [0.15, 0.2) is 42.5 Å². The van der Waals surface area contributed by atoms with E-state index >= 15 is 0 Å². The number of aromatic hydroxyl groups is 1. The first kappa shape index (κ1) is 23.6. The first-order chi connectivity index (χ1) is 16.2. The predicted octanol–water partition coefficient (Wildman–Crippen LogP) is 2.73. The maximum Gasteiger partial charge on any atom is 0.324 e. The molecule has 2 amide bonds. The summed E-state index contributed by atoms with van der Waals surface area (Å²) in [5.41, 5.74) is -1.15. The van der Waals surface area contributed by atoms with Crippen molar-refractivity contribution in [2.45, 2.75) is 31.8 Å². The molecule has 9 heteroatoms. The van der Waals surface area contributed by atoms with Gasteiger partial charge in [-0.15, -0.1) is 0 Å². The highest BCUT2D eigenvalue weighted by molar-refractivity contribution is 6.24. The third-order valence-electron chi connectivity index (χ3n) is 6.68. The number of phenolic OH excluding ortho intramolecular Hbond substituents is 1. The Hall–Kier alpha value is -3.59. The summed E-state index contributed by atoms with van der Waals surface area (Å²) >= 11 is 0. The van der Waals surface area contributed by atoms with Crippen LogP contribution in [-0.2, 0) is 14.4 Å². The second kappa shape index (κ2) is 8.64. The van der Waals surface area contributed by atoms with Gasteiger partial charge in [0.25, 0.3) is 0 Å². The van der Waals surface area contributed by atoms with Gasteiger partial charge in [0.15, 0.2) is 11.5 Å². The highest BCUT2D eigenvalue weighted by atomic mass is 16.5. The van der Waals surface area contributed by atoms with E-state index in [1.807, 2.05) is 13.8 Å². The van der Waals surface area contributed by atoms with Crippen molar-refractivity contribution in [3.8, 4) is 17.2 Å². The third-order valence-corrected chi connectivity index (χ3v) is 6.68. The minimum Gasteiger partial charge on any atom is -0.504 e. The number of fused-ring (bicyclic) bond motifs is 1. The lowest BCUT2D eigenvalue weighted by Crippen LogP contribution is -2.56. The number of anilines is 1. The summed E-state index contributed by atoms with van der Waals surface area (Å²) in [6.45, 7) is 3.72. The van der Waals surface area contributed by atoms with Crippen LogP contribution in [0.4, 0.5) is 5.69 Å². The second-order valence-electron chi connectivity index (χ2n) is 9.08. The maximum atomic E-state index is 13.8. The largest absolute Gasteiger partial charge is 0.504 e. The Balaban J connectivity index is 1.92. The van der Waals surface area contributed by atoms with Gasteiger partial charge in [0, 0.05) is 11.6 Å². The van der Waals surface area contributed by atoms with Crippen molar-refractivity contribution in [3.05, 3.63) is 48.0 Å². The summed E-state index contributed by atoms with van der Waals surface area (Å²) in [6.07, 6.45) is 0.115. The van der Waals surface area contributed by atoms with Crippen LogP contribution in [0, 0.1) is 17.8 Å². The van der Waals surface area contributed by atoms with Gasteiger partial charge in [-0.3, -0.25) is 19.7 Å². The van der Waals surface area contributed by atoms with E-state index in [4.69, 9.17) is 9.47 Å². The number of imide groups is 1. The number of carbonyl (C=O) groups is 3. The van der Waals surface area contributed by atoms with Gasteiger partial charge >= 0.3 is 5.97 Å². The summed E-state index contributed by atoms with van der Waals surface area (Å²) < 4.78 is 10.6. The number of carboxylic acid groups (broad SMARTS) is 1. The zero-order valence-electron chi connectivity index (χ0n) is 19.4. The van der Waals surface area contributed by atoms with Crippen molar-refractivity contribution in [2.24, 2.45) is 17.8 Å². The molecule has 3 N–H and O–H groups in total. The highest BCUT2D eigenvalue weighted by Crippen LogP contribution is 2.54. The number of amides is 2. The topological polar surface area (TPSA) is 125 Å². The van der Waals surface area contributed by atoms with Crippen molar-refractivity contribution >= 4 is 23.5 Å². The van der Waals surface area contributed by atoms with E-state index < -0.39 is 41.2 Å². The molecule has 9 nitrogen and oxygen atoms in total. The fraction of sp³-hybridized carbons (Fsp3) is 0.400. The van der Waals surface area contributed by atoms with Gasteiger partial charge in [0.2, 0.25) is 11.8 Å². The quantitative estimate of drug-likeness (QED) is 0.530. The molecule has 4 rings (SSSR count). The van der Waals surface area contributed by atoms with Crippen LogP contribution in [0.5, 0.6) is 17.2 Å². The number of nitrogens with one attached hydrogen (secondary N) is 1. The Morgan fingerprint density at radius 2 is 1.71 bits per heavy atom. The molecule has 2 fully saturated rings. The fourth-order valence-electron chi connectivity index (χ4n) is 5.39. The molecule has 0 bridgehead atoms. The SMILES string of the molecule is COc1ccccc1N1C(=O)[C@H]2[C@@H](C1=O)[C@@](CC(C)C)(C(=O)O)N[C@H]2c1cccc(OC)c1O. The lowest BCUT2D eigenvalue weighted by Gasteiger charge is -2.32. The van der Waals surface area contributed by atoms with Crippen molar-refractivity contribution < 1.29 is 34.1 Å². The van der Waals surface area contributed by atoms with Crippen LogP contribution >= 0.6 is 0 Å². The van der Waals surface area contributed by atoms with E-state index in [1.165, 1.54) is 14.2 Å². The Kier molecular flexibility index (Phi) is 5.99. The number of aliphatic carboxylic acids is 1. The number of carbonyl (C=O) groups excluding carboxylic acids is 2. The van der Waals surface area contributed by atoms with Gasteiger partial charge in [-0.1, -0.05) is 38.1 Å². The van der Waals surface area contributed by atoms with Crippen LogP contribution in [-0.4, -0.2) is 47.8 Å². The monoisotopic (exact) mass is 468 g/mol. The van der Waals surface area contributed by atoms with Gasteiger partial charge in [-0.25, -0.2) is 4.90 Å². The first-order valence-electron chi connectivity index (χ1n) is 11.1. The Labute approximate surface area is 197 Å². The Morgan fingerprint density at radius 3 is 2.32 bits per heavy atom. The molecule has 2 heterocycles. The van der Waals surface area contributed by atoms with E-state index in [0.717, 1.165) is 4.90 Å². The van der Waals surface area contributed by atoms with E-state index in [2.05, 4.69) is 5.32 Å². The molecular weight excluding hydrogens is 440 g/mol. The van der Waals surface area contributed by atoms with E-state index in [0.29, 0.717) is 11.3 Å². The summed E-state index contributed by atoms with van der Waals surface area (Å²) in [6, 6.07) is 10.5. The standard InChI is InChI=1S/C25H28N2O7/c1-13(2)12-25(24(31)32)19-18(20(26-25)14-8-7-11-17(34-4)21(14)28)22(29)27(23(19)30)15-9-5-6-10-16(15)33-3/h5-11,13,18-20,26,28H,12H2,1-4H3,(H,31,32)/t18-,19-,20-,25-/m0/s1. The molecule has 180 valence electrons. The highest BCUT2D eigenvalue weighted by Gasteiger charge is 2.69. The second-order valence-corrected chi connectivity index (χ2v) is 9.08. The summed E-state index contributed by atoms with van der Waals surface area (Å²) in [4.78, 5) is 41.4. The van der Waals surface area contributed by atoms with E-state index in [-0.39, 0.29) is 29.5 Å². The zero-order valence-corrected chi connectivity index (χ0v) is 19.4. The molecule has 4 atom stereocenters. The van der Waals surface area contributed by atoms with E-state index in [1.54, 1.807) is 42.5 Å². The van der Waals surface area contributed by atoms with E-state index in [9.17, 15) is 24.6 Å². The number of hydrogen-bond acceptors (Lipinski definition) is 7. The van der Waals surface area contributed by atoms with Gasteiger partial charge in [0.1, 0.15) is 11.3 Å². The molecule has 2 aromatic carbocycles. The van der Waals surface area contributed by atoms with Gasteiger partial charge in [-0.05, 0) is 30.5 Å². The lowest BCUT2D eigenvalue weighted by atomic mass is 9.75. The number of ether oxygens (including phenoxy) is 2. The summed E-state index contributed by atoms with van der Waals surface area (Å²) in [5.74, 6) is -4.40. The van der Waals surface area contributed by atoms with Crippen LogP contribution in [0.3, 0.4) is 0 Å². The number of para-hydroxylation sites is 3. The molecule has 0 radical (unpaired) electrons. The molecule has 2 aliphatic rings. The lowest BCUT2D eigenvalue weighted by molar-refractivity contribution is -0.149. The van der Waals surface area contributed by atoms with Gasteiger partial charge in [-0.2, -0.15) is 0 Å². The molecule has 2 aliphatic heterocycles. The predicted molar refractivity (Wildman–Crippen MR) is 123 cm³/mol. The average molecular weight is 469 g/mol. The van der Waals surface area contributed by atoms with Crippen molar-refractivity contribution in [1.29, 1.82) is 0 Å². The van der Waals surface area contributed by atoms with Gasteiger partial charge in [0.05, 0.1) is 31.7 Å². The number of carboxylic acids is 1. The zero-order chi connectivity index (χ0) is 24.8. The smallest absolute Gasteiger partial charge is 0.324 e. The summed E-state index contributed by atoms with van der Waals surface area (Å²) in [5, 5.41) is 24.3. The molecule has 0 spiro atoms. The number of benzene rings is 2. The number of phenols is 1. The third kappa shape index (κ3) is 3.38. The average Bonchev–Trinajstić information content (AvgIpc) is 3.27. The molecule has 34 heavy (non-hydrogen) atoms. The summed E-state index contributed by atoms with van der Waals surface area (Å²) in [7, 11) is 2.83. The van der Waals surface area contributed by atoms with Crippen LogP contribution in [0.25, 0.3) is 0 Å². The van der Waals surface area contributed by atoms with Crippen LogP contribution < -0.4 is 19.7 Å². The Morgan fingerprint density at radius 1 is 1.06 bits per heavy atom. The normalized spacial score (nSPS) is 26.1. The molecule has 0 saturated carbocycles. The first-order valence-corrected chi connectivity index (χ1v) is 11.1. The molecule has 0 aliphatic carbocycles. The minimum atomic E-state index is -1.71. The maximum absolute atomic E-state index is 13.8. The Bertz CT molecular complexity index is 1150. The fourth-order valence-corrected chi connectivity index (χ4v) is 5.39. The van der Waals surface area contributed by atoms with Crippen LogP contribution in [0.1, 0.15) is 31.9 Å². The number of methoxy groups -OCH3 is 2. The van der Waals surface area contributed by atoms with Crippen molar-refractivity contribution in [3.63, 3.8) is 0 Å². The molecular formula is C25H28N2O7. The molecule has 0 aromatic heterocycles.